The van der Waals surface area contributed by atoms with Crippen molar-refractivity contribution in [1.29, 1.82) is 0 Å². The first kappa shape index (κ1) is 16.7. The Morgan fingerprint density at radius 1 is 1.12 bits per heavy atom. The van der Waals surface area contributed by atoms with Crippen LogP contribution in [0.5, 0.6) is 0 Å². The quantitative estimate of drug-likeness (QED) is 0.705. The molecular formula is C19H19N4O3-. The van der Waals surface area contributed by atoms with Crippen LogP contribution in [0.15, 0.2) is 59.0 Å². The van der Waals surface area contributed by atoms with Gasteiger partial charge in [0.15, 0.2) is 0 Å². The van der Waals surface area contributed by atoms with E-state index in [9.17, 15) is 5.21 Å². The minimum Gasteiger partial charge on any atom is -0.733 e. The minimum absolute atomic E-state index is 0.129. The highest BCUT2D eigenvalue weighted by atomic mass is 16.8. The predicted octanol–water partition coefficient (Wildman–Crippen LogP) is 3.42. The van der Waals surface area contributed by atoms with Crippen LogP contribution in [0.25, 0.3) is 11.5 Å². The number of likely N-dealkylation sites (tertiary alicyclic amines) is 1. The molecular weight excluding hydrogens is 332 g/mol. The average molecular weight is 351 g/mol. The second-order valence-electron chi connectivity index (χ2n) is 6.47. The van der Waals surface area contributed by atoms with Crippen molar-refractivity contribution in [3.8, 4) is 11.5 Å². The number of hydrogen-bond acceptors (Lipinski definition) is 7. The number of benzene rings is 2. The van der Waals surface area contributed by atoms with E-state index in [1.807, 2.05) is 42.5 Å². The fourth-order valence-electron chi connectivity index (χ4n) is 3.26. The van der Waals surface area contributed by atoms with Gasteiger partial charge < -0.3 is 14.9 Å². The molecule has 1 aromatic heterocycles. The predicted molar refractivity (Wildman–Crippen MR) is 96.4 cm³/mol. The average Bonchev–Trinajstić information content (AvgIpc) is 3.32. The van der Waals surface area contributed by atoms with Gasteiger partial charge in [-0.3, -0.25) is 10.1 Å². The summed E-state index contributed by atoms with van der Waals surface area (Å²) in [5.74, 6) is 1.47. The molecule has 1 N–H and O–H groups in total. The van der Waals surface area contributed by atoms with Gasteiger partial charge in [-0.1, -0.05) is 30.3 Å². The number of anilines is 1. The van der Waals surface area contributed by atoms with Crippen LogP contribution in [0, 0.1) is 5.21 Å². The Hall–Kier alpha value is -2.74. The highest BCUT2D eigenvalue weighted by molar-refractivity contribution is 5.51. The van der Waals surface area contributed by atoms with Crippen LogP contribution in [-0.2, 0) is 6.54 Å². The van der Waals surface area contributed by atoms with Gasteiger partial charge in [-0.25, -0.2) is 0 Å². The summed E-state index contributed by atoms with van der Waals surface area (Å²) in [6.07, 6.45) is 0.972. The van der Waals surface area contributed by atoms with Crippen LogP contribution >= 0.6 is 0 Å². The molecule has 2 aromatic carbocycles. The van der Waals surface area contributed by atoms with Crippen molar-refractivity contribution in [1.82, 2.24) is 15.1 Å². The molecule has 1 aliphatic heterocycles. The number of aromatic nitrogens is 2. The largest absolute Gasteiger partial charge is 0.733 e. The van der Waals surface area contributed by atoms with Gasteiger partial charge in [0.2, 0.25) is 11.8 Å². The van der Waals surface area contributed by atoms with Gasteiger partial charge in [0.05, 0.1) is 11.6 Å². The fraction of sp³-hybridized carbons (Fsp3) is 0.263. The van der Waals surface area contributed by atoms with Crippen molar-refractivity contribution in [2.45, 2.75) is 18.9 Å². The van der Waals surface area contributed by atoms with E-state index in [-0.39, 0.29) is 16.8 Å². The maximum atomic E-state index is 10.8. The summed E-state index contributed by atoms with van der Waals surface area (Å²) < 4.78 is 5.88. The summed E-state index contributed by atoms with van der Waals surface area (Å²) in [6, 6.07) is 16.7. The third-order valence-electron chi connectivity index (χ3n) is 4.65. The summed E-state index contributed by atoms with van der Waals surface area (Å²) in [5, 5.41) is 28.0. The Morgan fingerprint density at radius 3 is 2.62 bits per heavy atom. The molecule has 0 saturated carbocycles. The molecule has 0 radical (unpaired) electrons. The summed E-state index contributed by atoms with van der Waals surface area (Å²) >= 11 is 0. The van der Waals surface area contributed by atoms with E-state index in [0.717, 1.165) is 37.2 Å². The van der Waals surface area contributed by atoms with Crippen molar-refractivity contribution in [3.05, 3.63) is 71.3 Å². The van der Waals surface area contributed by atoms with Crippen molar-refractivity contribution in [2.24, 2.45) is 0 Å². The van der Waals surface area contributed by atoms with Crippen molar-refractivity contribution in [2.75, 3.05) is 18.3 Å². The van der Waals surface area contributed by atoms with E-state index in [1.54, 1.807) is 12.1 Å². The van der Waals surface area contributed by atoms with Crippen LogP contribution in [0.3, 0.4) is 0 Å². The van der Waals surface area contributed by atoms with Crippen molar-refractivity contribution in [3.63, 3.8) is 0 Å². The SMILES string of the molecule is [O-]N(O)c1ccc(CN2CCC(c3nnc(-c4ccccc4)o3)C2)cc1. The van der Waals surface area contributed by atoms with E-state index in [1.165, 1.54) is 0 Å². The first-order chi connectivity index (χ1) is 12.7. The molecule has 1 aliphatic rings. The summed E-state index contributed by atoms with van der Waals surface area (Å²) in [6.45, 7) is 2.58. The van der Waals surface area contributed by atoms with E-state index in [4.69, 9.17) is 9.62 Å². The number of rotatable bonds is 5. The Balaban J connectivity index is 1.39. The van der Waals surface area contributed by atoms with Gasteiger partial charge in [0, 0.05) is 18.7 Å². The second-order valence-corrected chi connectivity index (χ2v) is 6.47. The molecule has 2 heterocycles. The maximum absolute atomic E-state index is 10.8. The smallest absolute Gasteiger partial charge is 0.247 e. The molecule has 0 bridgehead atoms. The van der Waals surface area contributed by atoms with Crippen molar-refractivity contribution < 1.29 is 9.62 Å². The molecule has 0 amide bonds. The van der Waals surface area contributed by atoms with E-state index >= 15 is 0 Å². The highest BCUT2D eigenvalue weighted by Gasteiger charge is 2.28. The lowest BCUT2D eigenvalue weighted by molar-refractivity contribution is 0.296. The number of nitrogens with zero attached hydrogens (tertiary/aromatic N) is 4. The third kappa shape index (κ3) is 3.60. The van der Waals surface area contributed by atoms with Gasteiger partial charge in [0.25, 0.3) is 0 Å². The minimum atomic E-state index is -0.129. The standard InChI is InChI=1S/C19H19N4O3/c24-23(25)17-8-6-14(7-9-17)12-22-11-10-16(13-22)19-21-20-18(26-19)15-4-2-1-3-5-15/h1-9,16,24H,10-13H2/q-1. The molecule has 26 heavy (non-hydrogen) atoms. The summed E-state index contributed by atoms with van der Waals surface area (Å²) in [5.41, 5.74) is 2.25. The zero-order valence-electron chi connectivity index (χ0n) is 14.2. The third-order valence-corrected chi connectivity index (χ3v) is 4.65. The zero-order valence-corrected chi connectivity index (χ0v) is 14.2. The van der Waals surface area contributed by atoms with Gasteiger partial charge in [-0.2, -0.15) is 0 Å². The van der Waals surface area contributed by atoms with Crippen LogP contribution in [0.1, 0.15) is 23.8 Å². The lowest BCUT2D eigenvalue weighted by Crippen LogP contribution is -2.19. The Bertz CT molecular complexity index is 849. The summed E-state index contributed by atoms with van der Waals surface area (Å²) in [4.78, 5) is 2.32. The second kappa shape index (κ2) is 7.25. The topological polar surface area (TPSA) is 88.7 Å². The molecule has 1 fully saturated rings. The van der Waals surface area contributed by atoms with Crippen molar-refractivity contribution >= 4 is 5.69 Å². The molecule has 0 aliphatic carbocycles. The molecule has 134 valence electrons. The zero-order chi connectivity index (χ0) is 17.9. The summed E-state index contributed by atoms with van der Waals surface area (Å²) in [7, 11) is 0. The van der Waals surface area contributed by atoms with Crippen LogP contribution in [0.4, 0.5) is 5.69 Å². The van der Waals surface area contributed by atoms with Gasteiger partial charge in [-0.05, 0) is 42.8 Å². The van der Waals surface area contributed by atoms with Crippen LogP contribution in [0.2, 0.25) is 0 Å². The Kier molecular flexibility index (Phi) is 4.66. The van der Waals surface area contributed by atoms with E-state index < -0.39 is 0 Å². The molecule has 4 rings (SSSR count). The molecule has 1 atom stereocenters. The fourth-order valence-corrected chi connectivity index (χ4v) is 3.26. The lowest BCUT2D eigenvalue weighted by atomic mass is 10.1. The molecule has 3 aromatic rings. The van der Waals surface area contributed by atoms with E-state index in [0.29, 0.717) is 11.8 Å². The molecule has 1 saturated heterocycles. The molecule has 7 nitrogen and oxygen atoms in total. The first-order valence-corrected chi connectivity index (χ1v) is 8.55. The Labute approximate surface area is 151 Å². The lowest BCUT2D eigenvalue weighted by Gasteiger charge is -2.22. The van der Waals surface area contributed by atoms with Gasteiger partial charge >= 0.3 is 0 Å². The normalized spacial score (nSPS) is 17.5. The molecule has 0 spiro atoms. The van der Waals surface area contributed by atoms with E-state index in [2.05, 4.69) is 15.1 Å². The first-order valence-electron chi connectivity index (χ1n) is 8.55. The van der Waals surface area contributed by atoms with Crippen LogP contribution < -0.4 is 5.23 Å². The monoisotopic (exact) mass is 351 g/mol. The van der Waals surface area contributed by atoms with Gasteiger partial charge in [-0.15, -0.1) is 10.2 Å². The number of hydrogen-bond donors (Lipinski definition) is 1. The molecule has 7 heteroatoms. The Morgan fingerprint density at radius 2 is 1.88 bits per heavy atom. The van der Waals surface area contributed by atoms with Crippen LogP contribution in [-0.4, -0.2) is 33.4 Å². The maximum Gasteiger partial charge on any atom is 0.247 e. The highest BCUT2D eigenvalue weighted by Crippen LogP contribution is 2.29. The van der Waals surface area contributed by atoms with Gasteiger partial charge in [0.1, 0.15) is 0 Å². The molecule has 1 unspecified atom stereocenters.